The van der Waals surface area contributed by atoms with E-state index in [0.29, 0.717) is 0 Å². The number of thiophene rings is 1. The quantitative estimate of drug-likeness (QED) is 0.310. The first kappa shape index (κ1) is 18.0. The molecule has 3 heterocycles. The maximum atomic E-state index is 4.76. The Balaban J connectivity index is 1.74. The molecule has 0 aliphatic heterocycles. The minimum Gasteiger partial charge on any atom is -0.242 e. The molecule has 29 heavy (non-hydrogen) atoms. The molecular formula is C26H23N2S+. The molecule has 0 saturated carbocycles. The summed E-state index contributed by atoms with van der Waals surface area (Å²) in [7, 11) is 2.14. The van der Waals surface area contributed by atoms with E-state index in [2.05, 4.69) is 99.2 Å². The van der Waals surface area contributed by atoms with E-state index in [1.807, 2.05) is 0 Å². The lowest BCUT2D eigenvalue weighted by Gasteiger charge is -2.10. The van der Waals surface area contributed by atoms with Gasteiger partial charge in [0.25, 0.3) is 0 Å². The van der Waals surface area contributed by atoms with Gasteiger partial charge < -0.3 is 0 Å². The van der Waals surface area contributed by atoms with Crippen molar-refractivity contribution >= 4 is 31.6 Å². The van der Waals surface area contributed by atoms with Crippen molar-refractivity contribution in [1.82, 2.24) is 4.98 Å². The fourth-order valence-electron chi connectivity index (χ4n) is 4.14. The first-order valence-corrected chi connectivity index (χ1v) is 10.7. The van der Waals surface area contributed by atoms with Crippen LogP contribution in [-0.2, 0) is 7.05 Å². The van der Waals surface area contributed by atoms with Gasteiger partial charge in [0, 0.05) is 38.4 Å². The molecule has 0 amide bonds. The first-order valence-electron chi connectivity index (χ1n) is 9.88. The monoisotopic (exact) mass is 395 g/mol. The largest absolute Gasteiger partial charge is 0.242 e. The fourth-order valence-corrected chi connectivity index (χ4v) is 5.39. The zero-order valence-electron chi connectivity index (χ0n) is 17.2. The number of aryl methyl sites for hydroxylation is 4. The van der Waals surface area contributed by atoms with Gasteiger partial charge in [-0.3, -0.25) is 0 Å². The van der Waals surface area contributed by atoms with Crippen molar-refractivity contribution in [2.24, 2.45) is 7.05 Å². The first-order chi connectivity index (χ1) is 14.0. The van der Waals surface area contributed by atoms with Crippen LogP contribution in [0.15, 0.2) is 66.9 Å². The lowest BCUT2D eigenvalue weighted by Crippen LogP contribution is -2.31. The fraction of sp³-hybridized carbons (Fsp3) is 0.154. The lowest BCUT2D eigenvalue weighted by atomic mass is 9.97. The molecule has 0 radical (unpaired) electrons. The Morgan fingerprint density at radius 3 is 2.38 bits per heavy atom. The number of pyridine rings is 2. The number of nitrogens with zero attached hydrogens (tertiary/aromatic N) is 2. The van der Waals surface area contributed by atoms with E-state index in [1.165, 1.54) is 49.0 Å². The van der Waals surface area contributed by atoms with E-state index in [-0.39, 0.29) is 0 Å². The number of benzene rings is 2. The number of aromatic nitrogens is 2. The molecule has 2 aromatic carbocycles. The van der Waals surface area contributed by atoms with E-state index >= 15 is 0 Å². The smallest absolute Gasteiger partial charge is 0.212 e. The zero-order valence-corrected chi connectivity index (χ0v) is 18.0. The van der Waals surface area contributed by atoms with Crippen LogP contribution < -0.4 is 4.57 Å². The molecule has 142 valence electrons. The molecule has 0 saturated heterocycles. The van der Waals surface area contributed by atoms with Gasteiger partial charge in [-0.1, -0.05) is 36.4 Å². The van der Waals surface area contributed by atoms with Crippen molar-refractivity contribution < 1.29 is 4.57 Å². The second-order valence-corrected chi connectivity index (χ2v) is 8.77. The normalized spacial score (nSPS) is 11.4. The number of fused-ring (bicyclic) bond motifs is 3. The summed E-state index contributed by atoms with van der Waals surface area (Å²) in [6, 6.07) is 21.8. The molecule has 0 unspecified atom stereocenters. The summed E-state index contributed by atoms with van der Waals surface area (Å²) in [4.78, 5) is 5.88. The molecule has 2 nitrogen and oxygen atoms in total. The second-order valence-electron chi connectivity index (χ2n) is 7.77. The summed E-state index contributed by atoms with van der Waals surface area (Å²) in [5.41, 5.74) is 8.73. The third kappa shape index (κ3) is 2.93. The van der Waals surface area contributed by atoms with E-state index in [9.17, 15) is 0 Å². The molecule has 0 N–H and O–H groups in total. The van der Waals surface area contributed by atoms with Crippen LogP contribution in [0, 0.1) is 20.8 Å². The van der Waals surface area contributed by atoms with E-state index in [1.54, 1.807) is 11.3 Å². The maximum Gasteiger partial charge on any atom is 0.212 e. The van der Waals surface area contributed by atoms with Gasteiger partial charge in [-0.2, -0.15) is 0 Å². The highest BCUT2D eigenvalue weighted by Crippen LogP contribution is 2.40. The van der Waals surface area contributed by atoms with Crippen molar-refractivity contribution in [2.75, 3.05) is 0 Å². The Kier molecular flexibility index (Phi) is 4.21. The molecule has 0 atom stereocenters. The highest BCUT2D eigenvalue weighted by atomic mass is 32.1. The SMILES string of the molecule is Cc1ccc2c(n1)sc1c(-c3c[n+](C)c(-c4ccccc4C)cc3C)cccc12. The topological polar surface area (TPSA) is 16.8 Å². The van der Waals surface area contributed by atoms with E-state index in [4.69, 9.17) is 4.98 Å². The third-order valence-corrected chi connectivity index (χ3v) is 6.84. The van der Waals surface area contributed by atoms with Gasteiger partial charge in [0.1, 0.15) is 11.9 Å². The highest BCUT2D eigenvalue weighted by molar-refractivity contribution is 7.26. The molecule has 0 spiro atoms. The molecule has 0 aliphatic carbocycles. The van der Waals surface area contributed by atoms with Crippen molar-refractivity contribution in [2.45, 2.75) is 20.8 Å². The van der Waals surface area contributed by atoms with Crippen LogP contribution in [-0.4, -0.2) is 4.98 Å². The number of hydrogen-bond donors (Lipinski definition) is 0. The molecule has 0 bridgehead atoms. The summed E-state index contributed by atoms with van der Waals surface area (Å²) >= 11 is 1.79. The van der Waals surface area contributed by atoms with Gasteiger partial charge in [0.15, 0.2) is 6.20 Å². The Morgan fingerprint density at radius 2 is 1.55 bits per heavy atom. The van der Waals surface area contributed by atoms with Gasteiger partial charge in [-0.25, -0.2) is 9.55 Å². The molecular weight excluding hydrogens is 372 g/mol. The predicted octanol–water partition coefficient (Wildman–Crippen LogP) is 6.53. The summed E-state index contributed by atoms with van der Waals surface area (Å²) in [6.07, 6.45) is 2.27. The van der Waals surface area contributed by atoms with E-state index in [0.717, 1.165) is 10.5 Å². The Bertz CT molecular complexity index is 1400. The predicted molar refractivity (Wildman–Crippen MR) is 123 cm³/mol. The molecule has 3 heteroatoms. The third-order valence-electron chi connectivity index (χ3n) is 5.70. The minimum absolute atomic E-state index is 1.07. The van der Waals surface area contributed by atoms with Crippen LogP contribution >= 0.6 is 11.3 Å². The summed E-state index contributed by atoms with van der Waals surface area (Å²) < 4.78 is 3.56. The van der Waals surface area contributed by atoms with E-state index < -0.39 is 0 Å². The van der Waals surface area contributed by atoms with Crippen LogP contribution in [0.5, 0.6) is 0 Å². The summed E-state index contributed by atoms with van der Waals surface area (Å²) in [5.74, 6) is 0. The van der Waals surface area contributed by atoms with Crippen LogP contribution in [0.25, 0.3) is 42.7 Å². The Labute approximate surface area is 175 Å². The second kappa shape index (κ2) is 6.78. The molecule has 0 fully saturated rings. The zero-order chi connectivity index (χ0) is 20.1. The van der Waals surface area contributed by atoms with Crippen molar-refractivity contribution in [3.05, 3.63) is 83.7 Å². The van der Waals surface area contributed by atoms with Crippen LogP contribution in [0.1, 0.15) is 16.8 Å². The van der Waals surface area contributed by atoms with Gasteiger partial charge in [0.05, 0.1) is 5.56 Å². The van der Waals surface area contributed by atoms with Crippen molar-refractivity contribution in [3.8, 4) is 22.4 Å². The van der Waals surface area contributed by atoms with Crippen LogP contribution in [0.4, 0.5) is 0 Å². The average molecular weight is 396 g/mol. The minimum atomic E-state index is 1.07. The molecule has 5 rings (SSSR count). The standard InChI is InChI=1S/C26H23N2S/c1-16-8-5-6-9-19(16)24-14-17(2)23(15-28(24)4)21-11-7-10-20-22-13-12-18(3)27-26(22)29-25(20)21/h5-15H,1-4H3/q+1. The lowest BCUT2D eigenvalue weighted by molar-refractivity contribution is -0.660. The average Bonchev–Trinajstić information content (AvgIpc) is 3.07. The van der Waals surface area contributed by atoms with Gasteiger partial charge in [-0.05, 0) is 50.1 Å². The number of rotatable bonds is 2. The Morgan fingerprint density at radius 1 is 0.759 bits per heavy atom. The van der Waals surface area contributed by atoms with Crippen LogP contribution in [0.3, 0.4) is 0 Å². The highest BCUT2D eigenvalue weighted by Gasteiger charge is 2.19. The van der Waals surface area contributed by atoms with Gasteiger partial charge in [0.2, 0.25) is 5.69 Å². The van der Waals surface area contributed by atoms with Crippen LogP contribution in [0.2, 0.25) is 0 Å². The van der Waals surface area contributed by atoms with Gasteiger partial charge >= 0.3 is 0 Å². The molecule has 3 aromatic heterocycles. The molecule has 5 aromatic rings. The summed E-state index contributed by atoms with van der Waals surface area (Å²) in [6.45, 7) is 6.44. The summed E-state index contributed by atoms with van der Waals surface area (Å²) in [5, 5.41) is 2.54. The van der Waals surface area contributed by atoms with Crippen molar-refractivity contribution in [1.29, 1.82) is 0 Å². The Hall–Kier alpha value is -3.04. The maximum absolute atomic E-state index is 4.76. The molecule has 0 aliphatic rings. The number of hydrogen-bond acceptors (Lipinski definition) is 2. The van der Waals surface area contributed by atoms with Gasteiger partial charge in [-0.15, -0.1) is 11.3 Å². The van der Waals surface area contributed by atoms with Crippen molar-refractivity contribution in [3.63, 3.8) is 0 Å².